The van der Waals surface area contributed by atoms with Crippen molar-refractivity contribution in [2.24, 2.45) is 0 Å². The van der Waals surface area contributed by atoms with Gasteiger partial charge in [0.15, 0.2) is 5.69 Å². The van der Waals surface area contributed by atoms with Gasteiger partial charge in [-0.1, -0.05) is 29.5 Å². The van der Waals surface area contributed by atoms with Crippen LogP contribution in [-0.2, 0) is 30.8 Å². The molecule has 0 aliphatic carbocycles. The lowest BCUT2D eigenvalue weighted by Crippen LogP contribution is -2.40. The van der Waals surface area contributed by atoms with Gasteiger partial charge in [0.1, 0.15) is 6.54 Å². The maximum atomic E-state index is 13.0. The Hall–Kier alpha value is -3.49. The summed E-state index contributed by atoms with van der Waals surface area (Å²) in [5.74, 6) is -0.0434. The Morgan fingerprint density at radius 1 is 1.09 bits per heavy atom. The zero-order valence-electron chi connectivity index (χ0n) is 18.2. The maximum Gasteiger partial charge on any atom is 0.276 e. The van der Waals surface area contributed by atoms with Gasteiger partial charge in [-0.15, -0.1) is 5.10 Å². The standard InChI is InChI=1S/C23H27N7O2/c1-17-11-24-28(12-17)16-22(31)30-9-4-7-20(30)14-29-15-21(25-26-29)23(32)27-10-8-18-5-2-3-6-19(18)13-27/h2-3,5-6,11-12,15,20H,4,7-10,13-14,16H2,1H3. The second-order valence-electron chi connectivity index (χ2n) is 8.67. The van der Waals surface area contributed by atoms with Crippen molar-refractivity contribution in [1.29, 1.82) is 0 Å². The summed E-state index contributed by atoms with van der Waals surface area (Å²) in [6, 6.07) is 8.28. The Morgan fingerprint density at radius 3 is 2.75 bits per heavy atom. The summed E-state index contributed by atoms with van der Waals surface area (Å²) in [5.41, 5.74) is 3.88. The molecule has 0 radical (unpaired) electrons. The van der Waals surface area contributed by atoms with Crippen LogP contribution in [0.15, 0.2) is 42.9 Å². The average Bonchev–Trinajstić information content (AvgIpc) is 3.55. The Morgan fingerprint density at radius 2 is 1.94 bits per heavy atom. The van der Waals surface area contributed by atoms with Crippen LogP contribution >= 0.6 is 0 Å². The largest absolute Gasteiger partial charge is 0.336 e. The number of nitrogens with zero attached hydrogens (tertiary/aromatic N) is 7. The number of hydrogen-bond acceptors (Lipinski definition) is 5. The molecule has 5 rings (SSSR count). The first-order valence-corrected chi connectivity index (χ1v) is 11.1. The summed E-state index contributed by atoms with van der Waals surface area (Å²) in [7, 11) is 0. The maximum absolute atomic E-state index is 13.0. The first-order chi connectivity index (χ1) is 15.6. The molecule has 1 unspecified atom stereocenters. The van der Waals surface area contributed by atoms with Gasteiger partial charge < -0.3 is 9.80 Å². The van der Waals surface area contributed by atoms with Gasteiger partial charge in [-0.3, -0.25) is 14.3 Å². The minimum absolute atomic E-state index is 0.0469. The van der Waals surface area contributed by atoms with Crippen molar-refractivity contribution >= 4 is 11.8 Å². The third-order valence-corrected chi connectivity index (χ3v) is 6.33. The lowest BCUT2D eigenvalue weighted by Gasteiger charge is -2.28. The van der Waals surface area contributed by atoms with Gasteiger partial charge in [0.2, 0.25) is 5.91 Å². The topological polar surface area (TPSA) is 89.2 Å². The van der Waals surface area contributed by atoms with Crippen molar-refractivity contribution in [3.8, 4) is 0 Å². The fourth-order valence-electron chi connectivity index (χ4n) is 4.67. The van der Waals surface area contributed by atoms with E-state index < -0.39 is 0 Å². The van der Waals surface area contributed by atoms with Gasteiger partial charge in [-0.25, -0.2) is 4.68 Å². The molecule has 2 aliphatic rings. The molecule has 9 heteroatoms. The Kier molecular flexibility index (Phi) is 5.46. The molecule has 4 heterocycles. The molecule has 1 fully saturated rings. The number of benzene rings is 1. The zero-order valence-corrected chi connectivity index (χ0v) is 18.2. The lowest BCUT2D eigenvalue weighted by atomic mass is 10.00. The van der Waals surface area contributed by atoms with Gasteiger partial charge in [-0.2, -0.15) is 5.10 Å². The van der Waals surface area contributed by atoms with Crippen molar-refractivity contribution < 1.29 is 9.59 Å². The molecular weight excluding hydrogens is 406 g/mol. The van der Waals surface area contributed by atoms with Gasteiger partial charge in [0.25, 0.3) is 5.91 Å². The second kappa shape index (κ2) is 8.57. The van der Waals surface area contributed by atoms with Gasteiger partial charge in [0, 0.05) is 25.8 Å². The molecule has 0 spiro atoms. The van der Waals surface area contributed by atoms with E-state index in [1.807, 2.05) is 35.1 Å². The molecule has 0 bridgehead atoms. The highest BCUT2D eigenvalue weighted by atomic mass is 16.2. The summed E-state index contributed by atoms with van der Waals surface area (Å²) < 4.78 is 3.37. The fourth-order valence-corrected chi connectivity index (χ4v) is 4.67. The third kappa shape index (κ3) is 4.15. The van der Waals surface area contributed by atoms with Crippen molar-refractivity contribution in [3.63, 3.8) is 0 Å². The first kappa shape index (κ1) is 20.4. The molecule has 166 valence electrons. The van der Waals surface area contributed by atoms with Crippen LogP contribution in [-0.4, -0.2) is 65.5 Å². The van der Waals surface area contributed by atoms with E-state index in [9.17, 15) is 9.59 Å². The Balaban J connectivity index is 1.22. The monoisotopic (exact) mass is 433 g/mol. The van der Waals surface area contributed by atoms with Crippen LogP contribution in [0.1, 0.15) is 40.0 Å². The van der Waals surface area contributed by atoms with E-state index >= 15 is 0 Å². The van der Waals surface area contributed by atoms with E-state index in [1.54, 1.807) is 21.8 Å². The number of hydrogen-bond donors (Lipinski definition) is 0. The van der Waals surface area contributed by atoms with E-state index in [4.69, 9.17) is 0 Å². The number of rotatable bonds is 5. The average molecular weight is 434 g/mol. The van der Waals surface area contributed by atoms with E-state index in [0.717, 1.165) is 31.4 Å². The summed E-state index contributed by atoms with van der Waals surface area (Å²) >= 11 is 0. The predicted octanol–water partition coefficient (Wildman–Crippen LogP) is 1.67. The first-order valence-electron chi connectivity index (χ1n) is 11.1. The summed E-state index contributed by atoms with van der Waals surface area (Å²) in [6.07, 6.45) is 8.06. The lowest BCUT2D eigenvalue weighted by molar-refractivity contribution is -0.133. The highest BCUT2D eigenvalue weighted by molar-refractivity contribution is 5.92. The molecule has 1 aromatic carbocycles. The van der Waals surface area contributed by atoms with Crippen LogP contribution in [0.3, 0.4) is 0 Å². The Bertz CT molecular complexity index is 1130. The van der Waals surface area contributed by atoms with Gasteiger partial charge in [0.05, 0.1) is 25.0 Å². The quantitative estimate of drug-likeness (QED) is 0.611. The molecule has 32 heavy (non-hydrogen) atoms. The highest BCUT2D eigenvalue weighted by Gasteiger charge is 2.30. The van der Waals surface area contributed by atoms with Crippen LogP contribution in [0.2, 0.25) is 0 Å². The fraction of sp³-hybridized carbons (Fsp3) is 0.435. The smallest absolute Gasteiger partial charge is 0.276 e. The van der Waals surface area contributed by atoms with E-state index in [1.165, 1.54) is 11.1 Å². The number of likely N-dealkylation sites (tertiary alicyclic amines) is 1. The number of aryl methyl sites for hydroxylation is 1. The summed E-state index contributed by atoms with van der Waals surface area (Å²) in [6.45, 7) is 4.74. The van der Waals surface area contributed by atoms with Crippen molar-refractivity contribution in [3.05, 3.63) is 65.2 Å². The predicted molar refractivity (Wildman–Crippen MR) is 117 cm³/mol. The molecular formula is C23H27N7O2. The number of carbonyl (C=O) groups excluding carboxylic acids is 2. The van der Waals surface area contributed by atoms with E-state index in [-0.39, 0.29) is 24.4 Å². The van der Waals surface area contributed by atoms with E-state index in [2.05, 4.69) is 27.5 Å². The third-order valence-electron chi connectivity index (χ3n) is 6.33. The molecule has 2 amide bonds. The number of amides is 2. The molecule has 0 N–H and O–H groups in total. The normalized spacial score (nSPS) is 18.1. The zero-order chi connectivity index (χ0) is 22.1. The SMILES string of the molecule is Cc1cnn(CC(=O)N2CCCC2Cn2cc(C(=O)N3CCc4ccccc4C3)nn2)c1. The number of aromatic nitrogens is 5. The molecule has 1 saturated heterocycles. The van der Waals surface area contributed by atoms with Crippen LogP contribution in [0.5, 0.6) is 0 Å². The summed E-state index contributed by atoms with van der Waals surface area (Å²) in [4.78, 5) is 29.5. The van der Waals surface area contributed by atoms with Gasteiger partial charge >= 0.3 is 0 Å². The molecule has 2 aliphatic heterocycles. The van der Waals surface area contributed by atoms with Crippen LogP contribution in [0.25, 0.3) is 0 Å². The Labute approximate surface area is 186 Å². The minimum Gasteiger partial charge on any atom is -0.336 e. The molecule has 3 aromatic rings. The van der Waals surface area contributed by atoms with E-state index in [0.29, 0.717) is 25.3 Å². The molecule has 2 aromatic heterocycles. The van der Waals surface area contributed by atoms with Gasteiger partial charge in [-0.05, 0) is 42.9 Å². The van der Waals surface area contributed by atoms with Crippen LogP contribution in [0.4, 0.5) is 0 Å². The van der Waals surface area contributed by atoms with Crippen molar-refractivity contribution in [2.45, 2.75) is 51.9 Å². The summed E-state index contributed by atoms with van der Waals surface area (Å²) in [5, 5.41) is 12.5. The minimum atomic E-state index is -0.0980. The molecule has 0 saturated carbocycles. The van der Waals surface area contributed by atoms with Crippen molar-refractivity contribution in [1.82, 2.24) is 34.6 Å². The second-order valence-corrected chi connectivity index (χ2v) is 8.67. The highest BCUT2D eigenvalue weighted by Crippen LogP contribution is 2.21. The number of carbonyl (C=O) groups is 2. The van der Waals surface area contributed by atoms with Crippen LogP contribution in [0, 0.1) is 6.92 Å². The van der Waals surface area contributed by atoms with Crippen molar-refractivity contribution in [2.75, 3.05) is 13.1 Å². The molecule has 9 nitrogen and oxygen atoms in total. The number of fused-ring (bicyclic) bond motifs is 1. The van der Waals surface area contributed by atoms with Crippen LogP contribution < -0.4 is 0 Å². The molecule has 1 atom stereocenters.